The van der Waals surface area contributed by atoms with Crippen molar-refractivity contribution in [1.82, 2.24) is 4.90 Å². The van der Waals surface area contributed by atoms with Crippen LogP contribution in [-0.2, 0) is 0 Å². The smallest absolute Gasteiger partial charge is 0.0867 e. The maximum Gasteiger partial charge on any atom is 0.0867 e. The predicted octanol–water partition coefficient (Wildman–Crippen LogP) is 2.82. The molecule has 0 aromatic rings. The summed E-state index contributed by atoms with van der Waals surface area (Å²) in [6.07, 6.45) is 6.14. The van der Waals surface area contributed by atoms with Crippen molar-refractivity contribution in [2.24, 2.45) is 0 Å². The highest BCUT2D eigenvalue weighted by atomic mass is 32.2. The number of fused-ring (bicyclic) bond motifs is 1. The van der Waals surface area contributed by atoms with E-state index in [9.17, 15) is 0 Å². The maximum atomic E-state index is 3.94. The van der Waals surface area contributed by atoms with Gasteiger partial charge in [-0.25, -0.2) is 0 Å². The summed E-state index contributed by atoms with van der Waals surface area (Å²) in [5, 5.41) is 3.37. The molecule has 0 radical (unpaired) electrons. The second-order valence-electron chi connectivity index (χ2n) is 2.58. The Hall–Kier alpha value is -0.890. The van der Waals surface area contributed by atoms with Crippen molar-refractivity contribution >= 4 is 11.8 Å². The molecule has 0 spiro atoms. The van der Waals surface area contributed by atoms with Gasteiger partial charge in [-0.15, -0.1) is 0 Å². The van der Waals surface area contributed by atoms with E-state index in [-0.39, 0.29) is 0 Å². The third-order valence-corrected chi connectivity index (χ3v) is 2.87. The van der Waals surface area contributed by atoms with Gasteiger partial charge >= 0.3 is 0 Å². The molecule has 2 aliphatic rings. The zero-order valence-corrected chi connectivity index (χ0v) is 7.19. The highest BCUT2D eigenvalue weighted by Crippen LogP contribution is 2.36. The molecule has 0 bridgehead atoms. The van der Waals surface area contributed by atoms with E-state index in [1.165, 1.54) is 10.6 Å². The minimum atomic E-state index is 1.12. The van der Waals surface area contributed by atoms with E-state index < -0.39 is 0 Å². The normalized spacial score (nSPS) is 21.5. The number of hydrogen-bond acceptors (Lipinski definition) is 2. The molecule has 0 unspecified atom stereocenters. The van der Waals surface area contributed by atoms with Crippen molar-refractivity contribution in [3.63, 3.8) is 0 Å². The van der Waals surface area contributed by atoms with Crippen LogP contribution in [0.25, 0.3) is 0 Å². The van der Waals surface area contributed by atoms with Gasteiger partial charge in [-0.2, -0.15) is 0 Å². The summed E-state index contributed by atoms with van der Waals surface area (Å²) in [5.41, 5.74) is 2.40. The van der Waals surface area contributed by atoms with E-state index in [2.05, 4.69) is 30.0 Å². The lowest BCUT2D eigenvalue weighted by Gasteiger charge is -2.20. The van der Waals surface area contributed by atoms with Gasteiger partial charge < -0.3 is 4.90 Å². The largest absolute Gasteiger partial charge is 0.317 e. The quantitative estimate of drug-likeness (QED) is 0.540. The van der Waals surface area contributed by atoms with Crippen LogP contribution >= 0.6 is 11.8 Å². The Morgan fingerprint density at radius 1 is 1.45 bits per heavy atom. The van der Waals surface area contributed by atoms with Crippen LogP contribution in [0.1, 0.15) is 6.92 Å². The number of thioether (sulfide) groups is 1. The molecule has 11 heavy (non-hydrogen) atoms. The molecule has 0 N–H and O–H groups in total. The molecular formula is C9H9NS. The van der Waals surface area contributed by atoms with E-state index in [1.54, 1.807) is 11.8 Å². The highest BCUT2D eigenvalue weighted by Gasteiger charge is 2.17. The fourth-order valence-corrected chi connectivity index (χ4v) is 1.99. The zero-order chi connectivity index (χ0) is 7.84. The van der Waals surface area contributed by atoms with Crippen molar-refractivity contribution in [3.8, 4) is 0 Å². The lowest BCUT2D eigenvalue weighted by Crippen LogP contribution is -2.08. The summed E-state index contributed by atoms with van der Waals surface area (Å²) >= 11 is 1.75. The van der Waals surface area contributed by atoms with E-state index >= 15 is 0 Å². The molecule has 56 valence electrons. The monoisotopic (exact) mass is 163 g/mol. The van der Waals surface area contributed by atoms with Gasteiger partial charge in [-0.3, -0.25) is 0 Å². The molecule has 2 heterocycles. The Morgan fingerprint density at radius 3 is 3.09 bits per heavy atom. The summed E-state index contributed by atoms with van der Waals surface area (Å²) in [5.74, 6) is 0. The van der Waals surface area contributed by atoms with Crippen molar-refractivity contribution in [2.75, 3.05) is 0 Å². The Morgan fingerprint density at radius 2 is 2.27 bits per heavy atom. The van der Waals surface area contributed by atoms with Gasteiger partial charge in [0.2, 0.25) is 0 Å². The Balaban J connectivity index is 2.45. The molecule has 0 fully saturated rings. The first-order valence-corrected chi connectivity index (χ1v) is 4.37. The van der Waals surface area contributed by atoms with Gasteiger partial charge in [0, 0.05) is 12.4 Å². The fourth-order valence-electron chi connectivity index (χ4n) is 1.12. The third-order valence-electron chi connectivity index (χ3n) is 1.87. The van der Waals surface area contributed by atoms with Crippen molar-refractivity contribution in [3.05, 3.63) is 46.6 Å². The number of hydrogen-bond donors (Lipinski definition) is 0. The summed E-state index contributed by atoms with van der Waals surface area (Å²) in [6, 6.07) is 0. The Bertz CT molecular complexity index is 297. The Kier molecular flexibility index (Phi) is 1.43. The molecule has 0 saturated carbocycles. The lowest BCUT2D eigenvalue weighted by molar-refractivity contribution is 0.670. The molecule has 0 saturated heterocycles. The van der Waals surface area contributed by atoms with Crippen LogP contribution in [0, 0.1) is 0 Å². The fraction of sp³-hybridized carbons (Fsp3) is 0.111. The molecule has 2 heteroatoms. The van der Waals surface area contributed by atoms with Crippen molar-refractivity contribution in [1.29, 1.82) is 0 Å². The van der Waals surface area contributed by atoms with E-state index in [0.29, 0.717) is 0 Å². The Labute approximate surface area is 70.8 Å². The van der Waals surface area contributed by atoms with Crippen LogP contribution in [-0.4, -0.2) is 4.90 Å². The first-order chi connectivity index (χ1) is 5.29. The van der Waals surface area contributed by atoms with Crippen LogP contribution in [0.5, 0.6) is 0 Å². The second kappa shape index (κ2) is 2.31. The van der Waals surface area contributed by atoms with E-state index in [4.69, 9.17) is 0 Å². The molecule has 0 atom stereocenters. The van der Waals surface area contributed by atoms with E-state index in [1.807, 2.05) is 12.3 Å². The predicted molar refractivity (Wildman–Crippen MR) is 49.6 cm³/mol. The van der Waals surface area contributed by atoms with Crippen LogP contribution in [0.3, 0.4) is 0 Å². The van der Waals surface area contributed by atoms with Crippen molar-refractivity contribution < 1.29 is 0 Å². The first kappa shape index (κ1) is 6.80. The van der Waals surface area contributed by atoms with Gasteiger partial charge in [0.1, 0.15) is 0 Å². The van der Waals surface area contributed by atoms with Crippen LogP contribution in [0.15, 0.2) is 46.6 Å². The van der Waals surface area contributed by atoms with Gasteiger partial charge in [-0.1, -0.05) is 18.3 Å². The molecule has 0 aliphatic carbocycles. The maximum absolute atomic E-state index is 3.94. The molecule has 2 aliphatic heterocycles. The van der Waals surface area contributed by atoms with Crippen LogP contribution < -0.4 is 0 Å². The van der Waals surface area contributed by atoms with Gasteiger partial charge in [0.25, 0.3) is 0 Å². The van der Waals surface area contributed by atoms with Crippen molar-refractivity contribution in [2.45, 2.75) is 6.92 Å². The SMILES string of the molecule is C=C1C=CN2C=CSC2=C1C. The number of nitrogens with zero attached hydrogens (tertiary/aromatic N) is 1. The van der Waals surface area contributed by atoms with Crippen LogP contribution in [0.2, 0.25) is 0 Å². The standard InChI is InChI=1S/C9H9NS/c1-7-3-4-10-5-6-11-9(10)8(7)2/h3-6H,1H2,2H3. The van der Waals surface area contributed by atoms with Gasteiger partial charge in [-0.05, 0) is 29.6 Å². The molecule has 0 amide bonds. The minimum absolute atomic E-state index is 1.12. The molecule has 0 aromatic heterocycles. The van der Waals surface area contributed by atoms with Gasteiger partial charge in [0.05, 0.1) is 5.03 Å². The summed E-state index contributed by atoms with van der Waals surface area (Å²) < 4.78 is 0. The lowest BCUT2D eigenvalue weighted by atomic mass is 10.1. The summed E-state index contributed by atoms with van der Waals surface area (Å²) in [6.45, 7) is 6.05. The number of allylic oxidation sites excluding steroid dienone is 3. The van der Waals surface area contributed by atoms with Crippen LogP contribution in [0.4, 0.5) is 0 Å². The van der Waals surface area contributed by atoms with E-state index in [0.717, 1.165) is 5.57 Å². The molecular weight excluding hydrogens is 154 g/mol. The average molecular weight is 163 g/mol. The third kappa shape index (κ3) is 0.942. The molecule has 1 nitrogen and oxygen atoms in total. The summed E-state index contributed by atoms with van der Waals surface area (Å²) in [4.78, 5) is 2.12. The molecule has 0 aromatic carbocycles. The molecule has 2 rings (SSSR count). The second-order valence-corrected chi connectivity index (χ2v) is 3.48. The number of rotatable bonds is 0. The highest BCUT2D eigenvalue weighted by molar-refractivity contribution is 8.06. The summed E-state index contributed by atoms with van der Waals surface area (Å²) in [7, 11) is 0. The minimum Gasteiger partial charge on any atom is -0.317 e. The first-order valence-electron chi connectivity index (χ1n) is 3.49. The topological polar surface area (TPSA) is 3.24 Å². The average Bonchev–Trinajstić information content (AvgIpc) is 2.45. The zero-order valence-electron chi connectivity index (χ0n) is 6.37. The van der Waals surface area contributed by atoms with Gasteiger partial charge in [0.15, 0.2) is 0 Å².